The van der Waals surface area contributed by atoms with E-state index in [4.69, 9.17) is 17.3 Å². The highest BCUT2D eigenvalue weighted by atomic mass is 35.5. The van der Waals surface area contributed by atoms with Gasteiger partial charge in [-0.1, -0.05) is 22.9 Å². The molecule has 1 aromatic carbocycles. The van der Waals surface area contributed by atoms with Crippen molar-refractivity contribution in [1.82, 2.24) is 4.57 Å². The maximum absolute atomic E-state index is 11.7. The number of aromatic nitrogens is 1. The van der Waals surface area contributed by atoms with Crippen molar-refractivity contribution in [1.29, 1.82) is 0 Å². The molecule has 0 atom stereocenters. The molecule has 5 heteroatoms. The third-order valence-electron chi connectivity index (χ3n) is 2.22. The Morgan fingerprint density at radius 1 is 1.47 bits per heavy atom. The van der Waals surface area contributed by atoms with Crippen molar-refractivity contribution in [3.8, 4) is 0 Å². The molecular formula is C10H11ClN2OS. The molecule has 1 aromatic heterocycles. The molecule has 2 aromatic rings. The fraction of sp³-hybridized carbons (Fsp3) is 0.300. The van der Waals surface area contributed by atoms with Crippen molar-refractivity contribution < 1.29 is 0 Å². The molecule has 0 unspecified atom stereocenters. The quantitative estimate of drug-likeness (QED) is 0.896. The lowest BCUT2D eigenvalue weighted by atomic mass is 10.3. The molecule has 0 amide bonds. The minimum atomic E-state index is 0.0562. The van der Waals surface area contributed by atoms with Gasteiger partial charge in [0.25, 0.3) is 0 Å². The molecule has 0 aliphatic heterocycles. The summed E-state index contributed by atoms with van der Waals surface area (Å²) in [7, 11) is 0. The average molecular weight is 243 g/mol. The van der Waals surface area contributed by atoms with Crippen LogP contribution in [0.2, 0.25) is 5.02 Å². The highest BCUT2D eigenvalue weighted by Crippen LogP contribution is 2.21. The van der Waals surface area contributed by atoms with Gasteiger partial charge in [-0.05, 0) is 31.2 Å². The van der Waals surface area contributed by atoms with Gasteiger partial charge in [-0.25, -0.2) is 0 Å². The standard InChI is InChI=1S/C10H11ClN2OS/c11-7-2-3-9-8(6-7)13(5-1-4-12)10(14)15-9/h2-3,6H,1,4-5,12H2. The lowest BCUT2D eigenvalue weighted by Crippen LogP contribution is -2.15. The highest BCUT2D eigenvalue weighted by molar-refractivity contribution is 7.16. The van der Waals surface area contributed by atoms with E-state index in [1.807, 2.05) is 12.1 Å². The van der Waals surface area contributed by atoms with Gasteiger partial charge in [0.05, 0.1) is 10.2 Å². The monoisotopic (exact) mass is 242 g/mol. The third kappa shape index (κ3) is 2.07. The number of aryl methyl sites for hydroxylation is 1. The van der Waals surface area contributed by atoms with E-state index in [1.165, 1.54) is 11.3 Å². The minimum absolute atomic E-state index is 0.0562. The van der Waals surface area contributed by atoms with Crippen LogP contribution >= 0.6 is 22.9 Å². The van der Waals surface area contributed by atoms with E-state index < -0.39 is 0 Å². The van der Waals surface area contributed by atoms with E-state index in [9.17, 15) is 4.79 Å². The van der Waals surface area contributed by atoms with E-state index in [0.29, 0.717) is 18.1 Å². The Hall–Kier alpha value is -0.840. The maximum atomic E-state index is 11.7. The van der Waals surface area contributed by atoms with Crippen LogP contribution in [0.1, 0.15) is 6.42 Å². The number of hydrogen-bond donors (Lipinski definition) is 1. The zero-order chi connectivity index (χ0) is 10.8. The van der Waals surface area contributed by atoms with Crippen LogP contribution in [-0.2, 0) is 6.54 Å². The zero-order valence-corrected chi connectivity index (χ0v) is 9.64. The molecule has 1 heterocycles. The Bertz CT molecular complexity index is 532. The topological polar surface area (TPSA) is 48.0 Å². The van der Waals surface area contributed by atoms with E-state index in [-0.39, 0.29) is 4.87 Å². The van der Waals surface area contributed by atoms with Crippen LogP contribution in [-0.4, -0.2) is 11.1 Å². The predicted octanol–water partition coefficient (Wildman–Crippen LogP) is 2.07. The van der Waals surface area contributed by atoms with Gasteiger partial charge in [0.2, 0.25) is 0 Å². The third-order valence-corrected chi connectivity index (χ3v) is 3.41. The molecule has 0 radical (unpaired) electrons. The number of hydrogen-bond acceptors (Lipinski definition) is 3. The number of fused-ring (bicyclic) bond motifs is 1. The molecule has 0 aliphatic rings. The fourth-order valence-corrected chi connectivity index (χ4v) is 2.56. The van der Waals surface area contributed by atoms with Crippen LogP contribution in [0.15, 0.2) is 23.0 Å². The molecule has 15 heavy (non-hydrogen) atoms. The summed E-state index contributed by atoms with van der Waals surface area (Å²) in [4.78, 5) is 11.7. The molecule has 0 saturated carbocycles. The van der Waals surface area contributed by atoms with Crippen LogP contribution < -0.4 is 10.6 Å². The van der Waals surface area contributed by atoms with Crippen molar-refractivity contribution in [2.24, 2.45) is 5.73 Å². The van der Waals surface area contributed by atoms with Gasteiger partial charge in [-0.2, -0.15) is 0 Å². The molecule has 0 fully saturated rings. The van der Waals surface area contributed by atoms with Crippen molar-refractivity contribution in [2.75, 3.05) is 6.54 Å². The molecule has 3 nitrogen and oxygen atoms in total. The summed E-state index contributed by atoms with van der Waals surface area (Å²) in [6.45, 7) is 1.25. The number of nitrogens with two attached hydrogens (primary N) is 1. The molecule has 0 spiro atoms. The second kappa shape index (κ2) is 4.35. The maximum Gasteiger partial charge on any atom is 0.308 e. The Labute approximate surface area is 96.1 Å². The van der Waals surface area contributed by atoms with Gasteiger partial charge >= 0.3 is 4.87 Å². The lowest BCUT2D eigenvalue weighted by molar-refractivity contribution is 0.660. The van der Waals surface area contributed by atoms with Crippen LogP contribution in [0.5, 0.6) is 0 Å². The first-order valence-electron chi connectivity index (χ1n) is 4.71. The summed E-state index contributed by atoms with van der Waals surface area (Å²) < 4.78 is 2.71. The largest absolute Gasteiger partial charge is 0.330 e. The number of halogens is 1. The number of thiazole rings is 1. The van der Waals surface area contributed by atoms with Crippen LogP contribution in [0.4, 0.5) is 0 Å². The van der Waals surface area contributed by atoms with Gasteiger partial charge in [0, 0.05) is 11.6 Å². The van der Waals surface area contributed by atoms with Crippen LogP contribution in [0.25, 0.3) is 10.2 Å². The molecule has 0 saturated heterocycles. The molecule has 2 rings (SSSR count). The fourth-order valence-electron chi connectivity index (χ4n) is 1.50. The first kappa shape index (κ1) is 10.7. The molecule has 0 bridgehead atoms. The Morgan fingerprint density at radius 3 is 3.00 bits per heavy atom. The first-order chi connectivity index (χ1) is 7.22. The summed E-state index contributed by atoms with van der Waals surface area (Å²) in [6, 6.07) is 5.50. The predicted molar refractivity (Wildman–Crippen MR) is 64.8 cm³/mol. The minimum Gasteiger partial charge on any atom is -0.330 e. The summed E-state index contributed by atoms with van der Waals surface area (Å²) in [5.74, 6) is 0. The Kier molecular flexibility index (Phi) is 3.09. The summed E-state index contributed by atoms with van der Waals surface area (Å²) in [6.07, 6.45) is 0.804. The Morgan fingerprint density at radius 2 is 2.27 bits per heavy atom. The average Bonchev–Trinajstić information content (AvgIpc) is 2.51. The smallest absolute Gasteiger partial charge is 0.308 e. The number of nitrogens with zero attached hydrogens (tertiary/aromatic N) is 1. The molecule has 0 aliphatic carbocycles. The van der Waals surface area contributed by atoms with Gasteiger partial charge in [0.15, 0.2) is 0 Å². The van der Waals surface area contributed by atoms with Crippen molar-refractivity contribution in [2.45, 2.75) is 13.0 Å². The molecule has 2 N–H and O–H groups in total. The SMILES string of the molecule is NCCCn1c(=O)sc2ccc(Cl)cc21. The highest BCUT2D eigenvalue weighted by Gasteiger charge is 2.06. The van der Waals surface area contributed by atoms with Gasteiger partial charge in [-0.3, -0.25) is 9.36 Å². The van der Waals surface area contributed by atoms with Gasteiger partial charge < -0.3 is 5.73 Å². The van der Waals surface area contributed by atoms with Crippen molar-refractivity contribution >= 4 is 33.2 Å². The zero-order valence-electron chi connectivity index (χ0n) is 8.07. The number of rotatable bonds is 3. The number of benzene rings is 1. The molecule has 80 valence electrons. The van der Waals surface area contributed by atoms with E-state index in [2.05, 4.69) is 0 Å². The van der Waals surface area contributed by atoms with Crippen LogP contribution in [0, 0.1) is 0 Å². The van der Waals surface area contributed by atoms with Crippen LogP contribution in [0.3, 0.4) is 0 Å². The van der Waals surface area contributed by atoms with E-state index in [1.54, 1.807) is 10.6 Å². The lowest BCUT2D eigenvalue weighted by Gasteiger charge is -2.01. The first-order valence-corrected chi connectivity index (χ1v) is 5.91. The Balaban J connectivity index is 2.55. The molecular weight excluding hydrogens is 232 g/mol. The van der Waals surface area contributed by atoms with E-state index in [0.717, 1.165) is 16.6 Å². The second-order valence-electron chi connectivity index (χ2n) is 3.27. The normalized spacial score (nSPS) is 11.1. The van der Waals surface area contributed by atoms with Crippen molar-refractivity contribution in [3.05, 3.63) is 32.9 Å². The second-order valence-corrected chi connectivity index (χ2v) is 4.70. The van der Waals surface area contributed by atoms with Crippen molar-refractivity contribution in [3.63, 3.8) is 0 Å². The summed E-state index contributed by atoms with van der Waals surface area (Å²) in [5.41, 5.74) is 6.34. The van der Waals surface area contributed by atoms with Gasteiger partial charge in [0.1, 0.15) is 0 Å². The summed E-state index contributed by atoms with van der Waals surface area (Å²) >= 11 is 7.14. The van der Waals surface area contributed by atoms with Gasteiger partial charge in [-0.15, -0.1) is 0 Å². The van der Waals surface area contributed by atoms with E-state index >= 15 is 0 Å². The summed E-state index contributed by atoms with van der Waals surface area (Å²) in [5, 5.41) is 0.654.